The van der Waals surface area contributed by atoms with Gasteiger partial charge in [-0.1, -0.05) is 59.5 Å². The molecular weight excluding hydrogens is 628 g/mol. The lowest BCUT2D eigenvalue weighted by Crippen LogP contribution is -2.71. The van der Waals surface area contributed by atoms with Crippen molar-refractivity contribution in [1.29, 1.82) is 0 Å². The summed E-state index contributed by atoms with van der Waals surface area (Å²) in [5, 5.41) is 50.3. The van der Waals surface area contributed by atoms with Gasteiger partial charge in [-0.15, -0.1) is 27.1 Å². The van der Waals surface area contributed by atoms with Gasteiger partial charge < -0.3 is 20.8 Å². The van der Waals surface area contributed by atoms with E-state index >= 15 is 0 Å². The maximum Gasteiger partial charge on any atom is 0.352 e. The number of amides is 4. The normalized spacial score (nSPS) is 19.8. The van der Waals surface area contributed by atoms with E-state index in [2.05, 4.69) is 46.8 Å². The summed E-state index contributed by atoms with van der Waals surface area (Å²) < 4.78 is 1.44. The molecule has 18 nitrogen and oxygen atoms in total. The molecular formula is C25H24N12O6S2. The highest BCUT2D eigenvalue weighted by atomic mass is 32.2. The van der Waals surface area contributed by atoms with Gasteiger partial charge in [-0.3, -0.25) is 19.4 Å². The summed E-state index contributed by atoms with van der Waals surface area (Å²) in [7, 11) is 0. The number of H-pyrrole nitrogens is 1. The summed E-state index contributed by atoms with van der Waals surface area (Å²) in [6.45, 7) is 0.252. The van der Waals surface area contributed by atoms with Gasteiger partial charge in [-0.25, -0.2) is 14.3 Å². The number of nitrogens with zero attached hydrogens (tertiary/aromatic N) is 9. The lowest BCUT2D eigenvalue weighted by atomic mass is 10.0. The average Bonchev–Trinajstić information content (AvgIpc) is 3.73. The van der Waals surface area contributed by atoms with Gasteiger partial charge in [0.2, 0.25) is 11.1 Å². The second-order valence-electron chi connectivity index (χ2n) is 9.75. The molecule has 1 aromatic carbocycles. The minimum Gasteiger partial charge on any atom is -0.494 e. The third-order valence-electron chi connectivity index (χ3n) is 6.96. The highest BCUT2D eigenvalue weighted by molar-refractivity contribution is 8.01. The predicted octanol–water partition coefficient (Wildman–Crippen LogP) is -0.213. The molecule has 1 fully saturated rings. The first-order chi connectivity index (χ1) is 21.8. The van der Waals surface area contributed by atoms with E-state index in [1.165, 1.54) is 39.2 Å². The Labute approximate surface area is 262 Å². The first-order valence-corrected chi connectivity index (χ1v) is 15.4. The fourth-order valence-electron chi connectivity index (χ4n) is 4.80. The molecule has 0 bridgehead atoms. The number of aliphatic hydroxyl groups excluding tert-OH is 1. The molecule has 3 atom stereocenters. The summed E-state index contributed by atoms with van der Waals surface area (Å²) in [5.74, 6) is -2.01. The molecule has 0 spiro atoms. The molecule has 0 radical (unpaired) electrons. The number of β-lactam (4-membered cyclic amide) rings is 1. The number of aromatic amines is 1. The van der Waals surface area contributed by atoms with Crippen molar-refractivity contribution in [1.82, 2.24) is 61.3 Å². The van der Waals surface area contributed by atoms with Crippen LogP contribution in [0, 0.1) is 0 Å². The van der Waals surface area contributed by atoms with Gasteiger partial charge in [0.25, 0.3) is 5.91 Å². The molecule has 5 heterocycles. The van der Waals surface area contributed by atoms with Crippen LogP contribution in [-0.4, -0.2) is 114 Å². The number of benzene rings is 1. The molecule has 2 aromatic heterocycles. The number of carbonyl (C=O) groups excluding carboxylic acids is 3. The fourth-order valence-corrected chi connectivity index (χ4v) is 7.16. The second-order valence-corrected chi connectivity index (χ2v) is 11.8. The number of carboxylic acids is 1. The van der Waals surface area contributed by atoms with Crippen LogP contribution in [0.5, 0.6) is 0 Å². The van der Waals surface area contributed by atoms with E-state index in [4.69, 9.17) is 0 Å². The van der Waals surface area contributed by atoms with Crippen molar-refractivity contribution in [2.75, 3.05) is 18.1 Å². The summed E-state index contributed by atoms with van der Waals surface area (Å²) in [6, 6.07) is 5.50. The number of hydrogen-bond donors (Lipinski definition) is 5. The Bertz CT molecular complexity index is 1710. The van der Waals surface area contributed by atoms with E-state index in [0.29, 0.717) is 22.1 Å². The number of carboxylic acid groups (broad SMARTS) is 1. The van der Waals surface area contributed by atoms with Gasteiger partial charge in [-0.2, -0.15) is 5.21 Å². The van der Waals surface area contributed by atoms with Gasteiger partial charge in [0.1, 0.15) is 29.7 Å². The average molecular weight is 653 g/mol. The number of tetrazole rings is 2. The number of aliphatic carboxylic acids is 1. The van der Waals surface area contributed by atoms with Crippen molar-refractivity contribution in [3.05, 3.63) is 77.1 Å². The van der Waals surface area contributed by atoms with Crippen LogP contribution in [0.2, 0.25) is 0 Å². The fraction of sp³-hybridized carbons (Fsp3) is 0.280. The minimum atomic E-state index is -1.28. The van der Waals surface area contributed by atoms with E-state index < -0.39 is 41.3 Å². The van der Waals surface area contributed by atoms with E-state index in [9.17, 15) is 29.4 Å². The number of urea groups is 1. The Balaban J connectivity index is 1.15. The first kappa shape index (κ1) is 29.8. The Hall–Kier alpha value is -5.24. The summed E-state index contributed by atoms with van der Waals surface area (Å²) in [5.41, 5.74) is 0.775. The van der Waals surface area contributed by atoms with Gasteiger partial charge in [0, 0.05) is 18.1 Å². The zero-order valence-electron chi connectivity index (χ0n) is 23.0. The minimum absolute atomic E-state index is 0.102. The summed E-state index contributed by atoms with van der Waals surface area (Å²) in [6.07, 6.45) is 4.61. The molecule has 3 aromatic rings. The molecule has 1 saturated heterocycles. The number of rotatable bonds is 10. The van der Waals surface area contributed by atoms with Crippen molar-refractivity contribution < 1.29 is 29.4 Å². The SMILES string of the molecule is O=C(O)C1=C(CSc2nnnn2Cc2nn[nH]n2)CS[C@H]2[C@H](NC(=O)C(NC(=O)N3CC=CC=C3O)c3ccccc3)C(=O)N12. The number of aliphatic hydroxyl groups is 1. The molecule has 232 valence electrons. The summed E-state index contributed by atoms with van der Waals surface area (Å²) in [4.78, 5) is 54.4. The maximum absolute atomic E-state index is 13.5. The lowest BCUT2D eigenvalue weighted by molar-refractivity contribution is -0.151. The monoisotopic (exact) mass is 652 g/mol. The Morgan fingerprint density at radius 2 is 2.02 bits per heavy atom. The molecule has 3 aliphatic heterocycles. The zero-order valence-corrected chi connectivity index (χ0v) is 24.7. The molecule has 6 rings (SSSR count). The highest BCUT2D eigenvalue weighted by Gasteiger charge is 2.54. The number of carbonyl (C=O) groups is 4. The molecule has 4 amide bonds. The number of thioether (sulfide) groups is 2. The predicted molar refractivity (Wildman–Crippen MR) is 156 cm³/mol. The van der Waals surface area contributed by atoms with E-state index in [0.717, 1.165) is 4.90 Å². The smallest absolute Gasteiger partial charge is 0.352 e. The second kappa shape index (κ2) is 12.8. The number of hydrogen-bond acceptors (Lipinski definition) is 13. The Morgan fingerprint density at radius 3 is 2.76 bits per heavy atom. The van der Waals surface area contributed by atoms with Gasteiger partial charge in [0.05, 0.1) is 0 Å². The number of nitrogens with one attached hydrogen (secondary N) is 3. The molecule has 5 N–H and O–H groups in total. The molecule has 0 saturated carbocycles. The van der Waals surface area contributed by atoms with E-state index in [1.54, 1.807) is 42.5 Å². The van der Waals surface area contributed by atoms with Gasteiger partial charge in [0.15, 0.2) is 11.7 Å². The Kier molecular flexibility index (Phi) is 8.47. The van der Waals surface area contributed by atoms with Crippen LogP contribution < -0.4 is 10.6 Å². The van der Waals surface area contributed by atoms with Crippen LogP contribution in [0.3, 0.4) is 0 Å². The number of aromatic nitrogens is 8. The first-order valence-electron chi connectivity index (χ1n) is 13.3. The lowest BCUT2D eigenvalue weighted by Gasteiger charge is -2.49. The maximum atomic E-state index is 13.5. The van der Waals surface area contributed by atoms with Gasteiger partial charge in [-0.05, 0) is 27.6 Å². The third kappa shape index (κ3) is 6.09. The number of allylic oxidation sites excluding steroid dienone is 2. The third-order valence-corrected chi connectivity index (χ3v) is 9.34. The van der Waals surface area contributed by atoms with Crippen molar-refractivity contribution in [2.24, 2.45) is 0 Å². The molecule has 0 aliphatic carbocycles. The van der Waals surface area contributed by atoms with Crippen molar-refractivity contribution in [2.45, 2.75) is 29.2 Å². The highest BCUT2D eigenvalue weighted by Crippen LogP contribution is 2.41. The standard InChI is InChI=1S/C25H24N12O6S2/c38-16-8-4-5-9-35(16)24(43)27-17(13-6-2-1-3-7-13)20(39)26-18-21(40)37-19(23(41)42)14(11-44-22(18)37)12-45-25-30-33-34-36(25)10-15-28-31-32-29-15/h1-8,17-18,22,38H,9-12H2,(H,26,39)(H,27,43)(H,41,42)(H,28,29,31,32)/t17?,18-,22+/m1/s1. The van der Waals surface area contributed by atoms with Crippen molar-refractivity contribution in [3.63, 3.8) is 0 Å². The zero-order chi connectivity index (χ0) is 31.5. The van der Waals surface area contributed by atoms with Crippen LogP contribution in [0.1, 0.15) is 17.4 Å². The van der Waals surface area contributed by atoms with E-state index in [-0.39, 0.29) is 36.2 Å². The van der Waals surface area contributed by atoms with Crippen molar-refractivity contribution >= 4 is 47.3 Å². The molecule has 45 heavy (non-hydrogen) atoms. The van der Waals surface area contributed by atoms with Crippen LogP contribution in [0.15, 0.2) is 70.9 Å². The van der Waals surface area contributed by atoms with Crippen LogP contribution in [0.25, 0.3) is 0 Å². The molecule has 1 unspecified atom stereocenters. The van der Waals surface area contributed by atoms with Crippen molar-refractivity contribution in [3.8, 4) is 0 Å². The molecule has 20 heteroatoms. The van der Waals surface area contributed by atoms with Crippen LogP contribution >= 0.6 is 23.5 Å². The quantitative estimate of drug-likeness (QED) is 0.141. The van der Waals surface area contributed by atoms with E-state index in [1.807, 2.05) is 0 Å². The summed E-state index contributed by atoms with van der Waals surface area (Å²) >= 11 is 2.50. The molecule has 3 aliphatic rings. The number of fused-ring (bicyclic) bond motifs is 1. The van der Waals surface area contributed by atoms with Gasteiger partial charge >= 0.3 is 12.0 Å². The Morgan fingerprint density at radius 1 is 1.20 bits per heavy atom. The van der Waals surface area contributed by atoms with Crippen LogP contribution in [-0.2, 0) is 20.9 Å². The largest absolute Gasteiger partial charge is 0.494 e. The topological polar surface area (TPSA) is 237 Å². The van der Waals surface area contributed by atoms with Crippen LogP contribution in [0.4, 0.5) is 4.79 Å².